The Labute approximate surface area is 107 Å². The van der Waals surface area contributed by atoms with E-state index in [1.165, 1.54) is 9.26 Å². The Balaban J connectivity index is 2.68. The summed E-state index contributed by atoms with van der Waals surface area (Å²) in [6, 6.07) is 8.24. The van der Waals surface area contributed by atoms with Crippen LogP contribution < -0.4 is 0 Å². The standard InChI is InChI=1S/C11H11IN2S/c1-2-8-7-13-11(15)14(8)10-6-4-3-5-9(10)12/h3-7H,2H2,1H3,(H,13,15). The molecule has 0 amide bonds. The van der Waals surface area contributed by atoms with Crippen LogP contribution in [0.3, 0.4) is 0 Å². The number of H-pyrrole nitrogens is 1. The molecule has 0 aliphatic rings. The van der Waals surface area contributed by atoms with E-state index >= 15 is 0 Å². The van der Waals surface area contributed by atoms with Crippen LogP contribution in [0.5, 0.6) is 0 Å². The van der Waals surface area contributed by atoms with Crippen LogP contribution in [-0.2, 0) is 6.42 Å². The zero-order valence-electron chi connectivity index (χ0n) is 8.33. The summed E-state index contributed by atoms with van der Waals surface area (Å²) in [7, 11) is 0. The van der Waals surface area contributed by atoms with Crippen molar-refractivity contribution in [3.63, 3.8) is 0 Å². The summed E-state index contributed by atoms with van der Waals surface area (Å²) in [5.74, 6) is 0. The lowest BCUT2D eigenvalue weighted by atomic mass is 10.3. The van der Waals surface area contributed by atoms with Crippen LogP contribution in [0, 0.1) is 8.34 Å². The lowest BCUT2D eigenvalue weighted by Gasteiger charge is -2.08. The van der Waals surface area contributed by atoms with Gasteiger partial charge in [0.05, 0.1) is 5.69 Å². The van der Waals surface area contributed by atoms with E-state index in [0.29, 0.717) is 0 Å². The van der Waals surface area contributed by atoms with Crippen LogP contribution in [0.25, 0.3) is 5.69 Å². The summed E-state index contributed by atoms with van der Waals surface area (Å²) in [6.07, 6.45) is 2.95. The average molecular weight is 330 g/mol. The van der Waals surface area contributed by atoms with Crippen molar-refractivity contribution in [1.29, 1.82) is 0 Å². The van der Waals surface area contributed by atoms with Gasteiger partial charge < -0.3 is 4.98 Å². The van der Waals surface area contributed by atoms with E-state index in [-0.39, 0.29) is 0 Å². The molecule has 15 heavy (non-hydrogen) atoms. The van der Waals surface area contributed by atoms with Gasteiger partial charge in [0.25, 0.3) is 0 Å². The number of nitrogens with zero attached hydrogens (tertiary/aromatic N) is 1. The molecule has 0 aliphatic carbocycles. The molecule has 0 bridgehead atoms. The second-order valence-corrected chi connectivity index (χ2v) is 4.77. The van der Waals surface area contributed by atoms with Gasteiger partial charge in [-0.1, -0.05) is 19.1 Å². The topological polar surface area (TPSA) is 20.7 Å². The van der Waals surface area contributed by atoms with E-state index in [0.717, 1.165) is 16.9 Å². The molecule has 0 spiro atoms. The Hall–Kier alpha value is -0.620. The molecule has 0 fully saturated rings. The number of hydrogen-bond donors (Lipinski definition) is 1. The van der Waals surface area contributed by atoms with E-state index in [9.17, 15) is 0 Å². The first-order valence-electron chi connectivity index (χ1n) is 4.78. The normalized spacial score (nSPS) is 10.5. The highest BCUT2D eigenvalue weighted by Gasteiger charge is 2.06. The predicted octanol–water partition coefficient (Wildman–Crippen LogP) is 3.70. The number of aromatic nitrogens is 2. The maximum atomic E-state index is 5.28. The number of nitrogens with one attached hydrogen (secondary N) is 1. The molecule has 0 unspecified atom stereocenters. The van der Waals surface area contributed by atoms with Crippen LogP contribution in [0.4, 0.5) is 0 Å². The Bertz CT molecular complexity index is 527. The number of aryl methyl sites for hydroxylation is 1. The molecule has 0 saturated heterocycles. The van der Waals surface area contributed by atoms with Crippen molar-refractivity contribution in [2.24, 2.45) is 0 Å². The Morgan fingerprint density at radius 1 is 1.40 bits per heavy atom. The molecule has 1 aromatic carbocycles. The van der Waals surface area contributed by atoms with Gasteiger partial charge in [0.2, 0.25) is 0 Å². The van der Waals surface area contributed by atoms with Crippen molar-refractivity contribution in [3.8, 4) is 5.69 Å². The third kappa shape index (κ3) is 2.01. The summed E-state index contributed by atoms with van der Waals surface area (Å²) in [5.41, 5.74) is 2.37. The molecular formula is C11H11IN2S. The highest BCUT2D eigenvalue weighted by atomic mass is 127. The molecule has 1 heterocycles. The highest BCUT2D eigenvalue weighted by Crippen LogP contribution is 2.19. The molecule has 78 valence electrons. The van der Waals surface area contributed by atoms with Gasteiger partial charge in [-0.05, 0) is 53.4 Å². The second-order valence-electron chi connectivity index (χ2n) is 3.23. The minimum atomic E-state index is 0.760. The van der Waals surface area contributed by atoms with Crippen molar-refractivity contribution in [2.75, 3.05) is 0 Å². The molecule has 2 aromatic rings. The Morgan fingerprint density at radius 2 is 2.13 bits per heavy atom. The summed E-state index contributed by atoms with van der Waals surface area (Å²) in [5, 5.41) is 0. The number of aromatic amines is 1. The van der Waals surface area contributed by atoms with Crippen LogP contribution >= 0.6 is 34.8 Å². The first-order valence-corrected chi connectivity index (χ1v) is 6.27. The molecule has 2 nitrogen and oxygen atoms in total. The number of halogens is 1. The molecule has 4 heteroatoms. The van der Waals surface area contributed by atoms with Crippen molar-refractivity contribution in [1.82, 2.24) is 9.55 Å². The predicted molar refractivity (Wildman–Crippen MR) is 73.0 cm³/mol. The minimum absolute atomic E-state index is 0.760. The summed E-state index contributed by atoms with van der Waals surface area (Å²) < 4.78 is 4.06. The largest absolute Gasteiger partial charge is 0.337 e. The maximum absolute atomic E-state index is 5.28. The molecule has 0 aliphatic heterocycles. The monoisotopic (exact) mass is 330 g/mol. The fraction of sp³-hybridized carbons (Fsp3) is 0.182. The zero-order valence-corrected chi connectivity index (χ0v) is 11.3. The smallest absolute Gasteiger partial charge is 0.182 e. The number of imidazole rings is 1. The van der Waals surface area contributed by atoms with Crippen LogP contribution in [0.2, 0.25) is 0 Å². The van der Waals surface area contributed by atoms with E-state index in [1.807, 2.05) is 18.3 Å². The molecule has 1 aromatic heterocycles. The van der Waals surface area contributed by atoms with Gasteiger partial charge >= 0.3 is 0 Å². The molecule has 0 atom stereocenters. The SMILES string of the molecule is CCc1c[nH]c(=S)n1-c1ccccc1I. The summed E-state index contributed by atoms with van der Waals surface area (Å²) in [6.45, 7) is 2.13. The molecule has 0 radical (unpaired) electrons. The van der Waals surface area contributed by atoms with Gasteiger partial charge in [-0.3, -0.25) is 4.57 Å². The highest BCUT2D eigenvalue weighted by molar-refractivity contribution is 14.1. The van der Waals surface area contributed by atoms with Crippen molar-refractivity contribution in [3.05, 3.63) is 44.5 Å². The van der Waals surface area contributed by atoms with E-state index < -0.39 is 0 Å². The lowest BCUT2D eigenvalue weighted by molar-refractivity contribution is 0.918. The third-order valence-electron chi connectivity index (χ3n) is 2.31. The summed E-state index contributed by atoms with van der Waals surface area (Å²) >= 11 is 7.61. The maximum Gasteiger partial charge on any atom is 0.182 e. The van der Waals surface area contributed by atoms with Crippen LogP contribution in [0.15, 0.2) is 30.5 Å². The van der Waals surface area contributed by atoms with Gasteiger partial charge in [-0.2, -0.15) is 0 Å². The zero-order chi connectivity index (χ0) is 10.8. The van der Waals surface area contributed by atoms with Crippen LogP contribution in [-0.4, -0.2) is 9.55 Å². The molecule has 0 saturated carbocycles. The number of rotatable bonds is 2. The molecule has 2 rings (SSSR count). The number of para-hydroxylation sites is 1. The quantitative estimate of drug-likeness (QED) is 0.658. The Morgan fingerprint density at radius 3 is 2.80 bits per heavy atom. The number of benzene rings is 1. The average Bonchev–Trinajstić information content (AvgIpc) is 2.60. The fourth-order valence-corrected chi connectivity index (χ4v) is 2.47. The van der Waals surface area contributed by atoms with Gasteiger partial charge in [-0.25, -0.2) is 0 Å². The van der Waals surface area contributed by atoms with Crippen molar-refractivity contribution < 1.29 is 0 Å². The third-order valence-corrected chi connectivity index (χ3v) is 3.52. The van der Waals surface area contributed by atoms with Crippen LogP contribution in [0.1, 0.15) is 12.6 Å². The first-order chi connectivity index (χ1) is 7.24. The van der Waals surface area contributed by atoms with Crippen molar-refractivity contribution >= 4 is 34.8 Å². The van der Waals surface area contributed by atoms with E-state index in [4.69, 9.17) is 12.2 Å². The molecular weight excluding hydrogens is 319 g/mol. The van der Waals surface area contributed by atoms with Gasteiger partial charge in [0, 0.05) is 15.5 Å². The second kappa shape index (κ2) is 4.49. The minimum Gasteiger partial charge on any atom is -0.337 e. The number of hydrogen-bond acceptors (Lipinski definition) is 1. The van der Waals surface area contributed by atoms with Gasteiger partial charge in [-0.15, -0.1) is 0 Å². The van der Waals surface area contributed by atoms with E-state index in [1.54, 1.807) is 0 Å². The molecule has 1 N–H and O–H groups in total. The van der Waals surface area contributed by atoms with Gasteiger partial charge in [0.15, 0.2) is 4.77 Å². The van der Waals surface area contributed by atoms with Crippen molar-refractivity contribution in [2.45, 2.75) is 13.3 Å². The lowest BCUT2D eigenvalue weighted by Crippen LogP contribution is -2.01. The van der Waals surface area contributed by atoms with Gasteiger partial charge in [0.1, 0.15) is 0 Å². The van der Waals surface area contributed by atoms with E-state index in [2.05, 4.69) is 51.2 Å². The Kier molecular flexibility index (Phi) is 3.25. The summed E-state index contributed by atoms with van der Waals surface area (Å²) in [4.78, 5) is 3.09. The fourth-order valence-electron chi connectivity index (χ4n) is 1.56. The first kappa shape index (κ1) is 10.9.